The molecule has 0 amide bonds. The van der Waals surface area contributed by atoms with E-state index in [4.69, 9.17) is 14.2 Å². The topological polar surface area (TPSA) is 78.9 Å². The predicted octanol–water partition coefficient (Wildman–Crippen LogP) is 6.36. The van der Waals surface area contributed by atoms with Gasteiger partial charge in [-0.25, -0.2) is 14.4 Å². The van der Waals surface area contributed by atoms with Crippen molar-refractivity contribution in [2.45, 2.75) is 41.0 Å². The molecule has 6 heteroatoms. The van der Waals surface area contributed by atoms with Crippen molar-refractivity contribution in [2.24, 2.45) is 0 Å². The van der Waals surface area contributed by atoms with Gasteiger partial charge in [-0.1, -0.05) is 50.4 Å². The smallest absolute Gasteiger partial charge is 0.338 e. The van der Waals surface area contributed by atoms with E-state index in [0.29, 0.717) is 11.3 Å². The van der Waals surface area contributed by atoms with Crippen LogP contribution in [-0.2, 0) is 14.4 Å². The fourth-order valence-electron chi connectivity index (χ4n) is 2.92. The van der Waals surface area contributed by atoms with Crippen LogP contribution in [0.3, 0.4) is 0 Å². The highest BCUT2D eigenvalue weighted by Crippen LogP contribution is 2.36. The molecule has 0 saturated carbocycles. The molecule has 182 valence electrons. The van der Waals surface area contributed by atoms with Crippen LogP contribution < -0.4 is 14.2 Å². The van der Waals surface area contributed by atoms with Crippen molar-refractivity contribution >= 4 is 23.5 Å². The summed E-state index contributed by atoms with van der Waals surface area (Å²) in [6, 6.07) is 12.1. The first-order valence-electron chi connectivity index (χ1n) is 11.0. The lowest BCUT2D eigenvalue weighted by Crippen LogP contribution is -2.13. The Hall–Kier alpha value is -4.19. The van der Waals surface area contributed by atoms with E-state index in [1.54, 1.807) is 37.3 Å². The number of rotatable bonds is 9. The first kappa shape index (κ1) is 27.1. The van der Waals surface area contributed by atoms with Gasteiger partial charge in [0, 0.05) is 16.7 Å². The van der Waals surface area contributed by atoms with Crippen LogP contribution in [0.1, 0.15) is 52.2 Å². The van der Waals surface area contributed by atoms with Gasteiger partial charge in [0.15, 0.2) is 11.5 Å². The molecule has 2 rings (SSSR count). The molecule has 0 bridgehead atoms. The third-order valence-corrected chi connectivity index (χ3v) is 4.99. The molecule has 35 heavy (non-hydrogen) atoms. The minimum Gasteiger partial charge on any atom is -0.423 e. The number of esters is 3. The molecule has 0 spiro atoms. The first-order chi connectivity index (χ1) is 16.4. The number of hydrogen-bond donors (Lipinski definition) is 0. The molecule has 0 aromatic heterocycles. The molecule has 0 atom stereocenters. The van der Waals surface area contributed by atoms with E-state index in [2.05, 4.69) is 19.7 Å². The molecule has 0 radical (unpaired) electrons. The molecule has 2 aromatic carbocycles. The van der Waals surface area contributed by atoms with Crippen molar-refractivity contribution in [3.63, 3.8) is 0 Å². The van der Waals surface area contributed by atoms with Crippen molar-refractivity contribution in [1.29, 1.82) is 0 Å². The highest BCUT2D eigenvalue weighted by atomic mass is 16.6. The van der Waals surface area contributed by atoms with E-state index in [1.807, 2.05) is 26.0 Å². The Labute approximate surface area is 206 Å². The number of carbonyl (C=O) groups is 3. The average molecular weight is 475 g/mol. The second kappa shape index (κ2) is 11.8. The van der Waals surface area contributed by atoms with E-state index in [1.165, 1.54) is 13.8 Å². The maximum absolute atomic E-state index is 12.3. The van der Waals surface area contributed by atoms with Crippen molar-refractivity contribution < 1.29 is 28.6 Å². The Kier molecular flexibility index (Phi) is 9.11. The quantitative estimate of drug-likeness (QED) is 0.239. The fourth-order valence-corrected chi connectivity index (χ4v) is 2.92. The summed E-state index contributed by atoms with van der Waals surface area (Å²) in [6.07, 6.45) is 0.759. The Morgan fingerprint density at radius 1 is 0.657 bits per heavy atom. The zero-order chi connectivity index (χ0) is 26.3. The van der Waals surface area contributed by atoms with Crippen LogP contribution in [0, 0.1) is 0 Å². The molecule has 2 aromatic rings. The van der Waals surface area contributed by atoms with Crippen LogP contribution in [0.15, 0.2) is 84.5 Å². The highest BCUT2D eigenvalue weighted by molar-refractivity contribution is 5.92. The number of carbonyl (C=O) groups excluding carboxylic acids is 3. The molecular formula is C29H30O6. The fraction of sp³-hybridized carbons (Fsp3) is 0.207. The van der Waals surface area contributed by atoms with Crippen molar-refractivity contribution in [1.82, 2.24) is 0 Å². The van der Waals surface area contributed by atoms with E-state index in [0.717, 1.165) is 28.7 Å². The molecule has 6 nitrogen and oxygen atoms in total. The normalized spacial score (nSPS) is 11.1. The molecular weight excluding hydrogens is 444 g/mol. The van der Waals surface area contributed by atoms with Crippen LogP contribution in [0.5, 0.6) is 17.2 Å². The van der Waals surface area contributed by atoms with Gasteiger partial charge < -0.3 is 14.2 Å². The minimum atomic E-state index is -0.642. The molecule has 0 unspecified atom stereocenters. The van der Waals surface area contributed by atoms with Gasteiger partial charge in [0.2, 0.25) is 0 Å². The SMILES string of the molecule is C=C(C)C(=O)Oc1ccc(/C(=C(\C)CC)c2ccc(OC(=O)C(=C)C)c(OC(=O)C(=C)C)c2)cc1. The van der Waals surface area contributed by atoms with Gasteiger partial charge in [-0.15, -0.1) is 0 Å². The van der Waals surface area contributed by atoms with E-state index < -0.39 is 17.9 Å². The van der Waals surface area contributed by atoms with Gasteiger partial charge in [0.05, 0.1) is 0 Å². The summed E-state index contributed by atoms with van der Waals surface area (Å²) >= 11 is 0. The summed E-state index contributed by atoms with van der Waals surface area (Å²) in [6.45, 7) is 19.4. The van der Waals surface area contributed by atoms with Crippen LogP contribution >= 0.6 is 0 Å². The van der Waals surface area contributed by atoms with E-state index >= 15 is 0 Å². The summed E-state index contributed by atoms with van der Waals surface area (Å²) < 4.78 is 16.1. The summed E-state index contributed by atoms with van der Waals surface area (Å²) in [5.74, 6) is -1.21. The molecule has 0 aliphatic heterocycles. The monoisotopic (exact) mass is 474 g/mol. The zero-order valence-electron chi connectivity index (χ0n) is 20.8. The lowest BCUT2D eigenvalue weighted by atomic mass is 9.92. The van der Waals surface area contributed by atoms with Crippen LogP contribution in [0.4, 0.5) is 0 Å². The van der Waals surface area contributed by atoms with E-state index in [9.17, 15) is 14.4 Å². The Morgan fingerprint density at radius 3 is 1.60 bits per heavy atom. The van der Waals surface area contributed by atoms with Crippen LogP contribution in [0.25, 0.3) is 5.57 Å². The van der Waals surface area contributed by atoms with Crippen molar-refractivity contribution in [3.05, 3.63) is 95.6 Å². The zero-order valence-corrected chi connectivity index (χ0v) is 20.8. The van der Waals surface area contributed by atoms with Gasteiger partial charge in [0.1, 0.15) is 5.75 Å². The third-order valence-electron chi connectivity index (χ3n) is 4.99. The van der Waals surface area contributed by atoms with Gasteiger partial charge in [-0.05, 0) is 75.1 Å². The molecule has 0 fully saturated rings. The molecule has 0 aliphatic rings. The van der Waals surface area contributed by atoms with Crippen LogP contribution in [0.2, 0.25) is 0 Å². The highest BCUT2D eigenvalue weighted by Gasteiger charge is 2.18. The average Bonchev–Trinajstić information content (AvgIpc) is 2.81. The molecule has 0 heterocycles. The summed E-state index contributed by atoms with van der Waals surface area (Å²) in [5, 5.41) is 0. The molecule has 0 saturated heterocycles. The number of allylic oxidation sites excluding steroid dienone is 1. The van der Waals surface area contributed by atoms with Crippen molar-refractivity contribution in [2.75, 3.05) is 0 Å². The number of hydrogen-bond acceptors (Lipinski definition) is 6. The first-order valence-corrected chi connectivity index (χ1v) is 11.0. The lowest BCUT2D eigenvalue weighted by molar-refractivity contribution is -0.132. The standard InChI is InChI=1S/C29H30O6/c1-9-20(8)26(21-10-13-23(14-11-21)33-27(30)17(2)3)22-12-15-24(34-28(31)18(4)5)25(16-22)35-29(32)19(6)7/h10-16H,2,4,6,9H2,1,3,5,7-8H3/b26-20-. The predicted molar refractivity (Wildman–Crippen MR) is 136 cm³/mol. The van der Waals surface area contributed by atoms with Gasteiger partial charge >= 0.3 is 17.9 Å². The van der Waals surface area contributed by atoms with Gasteiger partial charge in [0.25, 0.3) is 0 Å². The second-order valence-electron chi connectivity index (χ2n) is 8.20. The maximum Gasteiger partial charge on any atom is 0.338 e. The Balaban J connectivity index is 2.55. The lowest BCUT2D eigenvalue weighted by Gasteiger charge is -2.16. The number of benzene rings is 2. The van der Waals surface area contributed by atoms with Crippen molar-refractivity contribution in [3.8, 4) is 17.2 Å². The molecule has 0 N–H and O–H groups in total. The van der Waals surface area contributed by atoms with Crippen LogP contribution in [-0.4, -0.2) is 17.9 Å². The number of ether oxygens (including phenoxy) is 3. The van der Waals surface area contributed by atoms with Gasteiger partial charge in [-0.3, -0.25) is 0 Å². The Bertz CT molecular complexity index is 1230. The summed E-state index contributed by atoms with van der Waals surface area (Å²) in [4.78, 5) is 36.2. The minimum absolute atomic E-state index is 0.0820. The Morgan fingerprint density at radius 2 is 1.11 bits per heavy atom. The summed E-state index contributed by atoms with van der Waals surface area (Å²) in [7, 11) is 0. The third kappa shape index (κ3) is 7.14. The second-order valence-corrected chi connectivity index (χ2v) is 8.20. The summed E-state index contributed by atoms with van der Waals surface area (Å²) in [5.41, 5.74) is 4.30. The van der Waals surface area contributed by atoms with E-state index in [-0.39, 0.29) is 22.6 Å². The maximum atomic E-state index is 12.3. The molecule has 0 aliphatic carbocycles. The largest absolute Gasteiger partial charge is 0.423 e. The van der Waals surface area contributed by atoms with Gasteiger partial charge in [-0.2, -0.15) is 0 Å².